The molecule has 0 bridgehead atoms. The Morgan fingerprint density at radius 3 is 2.29 bits per heavy atom. The molecule has 0 radical (unpaired) electrons. The van der Waals surface area contributed by atoms with Gasteiger partial charge in [-0.05, 0) is 63.4 Å². The van der Waals surface area contributed by atoms with Gasteiger partial charge in [-0.15, -0.1) is 0 Å². The van der Waals surface area contributed by atoms with Gasteiger partial charge >= 0.3 is 0 Å². The van der Waals surface area contributed by atoms with Gasteiger partial charge in [-0.3, -0.25) is 0 Å². The minimum absolute atomic E-state index is 0.352. The summed E-state index contributed by atoms with van der Waals surface area (Å²) in [5.41, 5.74) is 2.17. The van der Waals surface area contributed by atoms with Crippen molar-refractivity contribution in [1.82, 2.24) is 0 Å². The van der Waals surface area contributed by atoms with Crippen LogP contribution in [-0.4, -0.2) is 17.8 Å². The van der Waals surface area contributed by atoms with Crippen molar-refractivity contribution in [3.8, 4) is 0 Å². The van der Waals surface area contributed by atoms with Crippen LogP contribution >= 0.6 is 31.9 Å². The molecule has 1 atom stereocenters. The lowest BCUT2D eigenvalue weighted by atomic mass is 10.2. The molecule has 0 amide bonds. The Morgan fingerprint density at radius 1 is 1.36 bits per heavy atom. The predicted octanol–water partition coefficient (Wildman–Crippen LogP) is 3.31. The lowest BCUT2D eigenvalue weighted by Crippen LogP contribution is -2.15. The fourth-order valence-electron chi connectivity index (χ4n) is 1.12. The number of rotatable bonds is 3. The second kappa shape index (κ2) is 5.14. The van der Waals surface area contributed by atoms with E-state index in [1.54, 1.807) is 6.92 Å². The van der Waals surface area contributed by atoms with Crippen LogP contribution in [0.2, 0.25) is 0 Å². The molecule has 2 N–H and O–H groups in total. The van der Waals surface area contributed by atoms with Gasteiger partial charge in [0.15, 0.2) is 0 Å². The highest BCUT2D eigenvalue weighted by molar-refractivity contribution is 9.11. The van der Waals surface area contributed by atoms with E-state index in [-0.39, 0.29) is 6.10 Å². The zero-order chi connectivity index (χ0) is 10.7. The van der Waals surface area contributed by atoms with E-state index in [1.807, 2.05) is 19.1 Å². The largest absolute Gasteiger partial charge is 0.392 e. The van der Waals surface area contributed by atoms with Crippen LogP contribution in [0, 0.1) is 6.92 Å². The zero-order valence-electron chi connectivity index (χ0n) is 8.14. The molecule has 0 spiro atoms. The van der Waals surface area contributed by atoms with Gasteiger partial charge in [0.2, 0.25) is 0 Å². The molecule has 2 nitrogen and oxygen atoms in total. The summed E-state index contributed by atoms with van der Waals surface area (Å²) in [4.78, 5) is 0. The van der Waals surface area contributed by atoms with Crippen LogP contribution in [0.4, 0.5) is 5.69 Å². The number of aryl methyl sites for hydroxylation is 1. The number of hydrogen-bond donors (Lipinski definition) is 2. The monoisotopic (exact) mass is 321 g/mol. The fraction of sp³-hybridized carbons (Fsp3) is 0.400. The Morgan fingerprint density at radius 2 is 1.86 bits per heavy atom. The molecule has 4 heteroatoms. The van der Waals surface area contributed by atoms with Crippen molar-refractivity contribution in [3.63, 3.8) is 0 Å². The number of nitrogens with one attached hydrogen (secondary N) is 1. The normalized spacial score (nSPS) is 12.6. The summed E-state index contributed by atoms with van der Waals surface area (Å²) in [5.74, 6) is 0. The van der Waals surface area contributed by atoms with Crippen LogP contribution in [0.1, 0.15) is 12.5 Å². The lowest BCUT2D eigenvalue weighted by Gasteiger charge is -2.12. The average molecular weight is 323 g/mol. The summed E-state index contributed by atoms with van der Waals surface area (Å²) in [6, 6.07) is 4.07. The molecule has 0 heterocycles. The molecule has 0 aromatic heterocycles. The Hall–Kier alpha value is -0.0600. The minimum Gasteiger partial charge on any atom is -0.392 e. The number of aliphatic hydroxyl groups excluding tert-OH is 1. The molecule has 1 aromatic carbocycles. The van der Waals surface area contributed by atoms with E-state index in [0.29, 0.717) is 6.54 Å². The van der Waals surface area contributed by atoms with Gasteiger partial charge in [0.05, 0.1) is 11.8 Å². The third kappa shape index (κ3) is 3.26. The van der Waals surface area contributed by atoms with E-state index in [9.17, 15) is 0 Å². The standard InChI is InChI=1S/C10H13Br2NO/c1-6-3-8(11)10(9(12)4-6)13-5-7(2)14/h3-4,7,13-14H,5H2,1-2H3. The van der Waals surface area contributed by atoms with Crippen molar-refractivity contribution in [2.24, 2.45) is 0 Å². The van der Waals surface area contributed by atoms with Crippen molar-refractivity contribution in [2.45, 2.75) is 20.0 Å². The van der Waals surface area contributed by atoms with E-state index in [0.717, 1.165) is 14.6 Å². The molecule has 0 aliphatic heterocycles. The lowest BCUT2D eigenvalue weighted by molar-refractivity contribution is 0.208. The highest BCUT2D eigenvalue weighted by atomic mass is 79.9. The van der Waals surface area contributed by atoms with Gasteiger partial charge < -0.3 is 10.4 Å². The number of halogens is 2. The first-order valence-electron chi connectivity index (χ1n) is 4.38. The van der Waals surface area contributed by atoms with Gasteiger partial charge in [0.1, 0.15) is 0 Å². The maximum atomic E-state index is 9.16. The number of benzene rings is 1. The third-order valence-electron chi connectivity index (χ3n) is 1.76. The van der Waals surface area contributed by atoms with Crippen LogP contribution in [-0.2, 0) is 0 Å². The predicted molar refractivity (Wildman–Crippen MR) is 66.7 cm³/mol. The van der Waals surface area contributed by atoms with Crippen LogP contribution in [0.5, 0.6) is 0 Å². The van der Waals surface area contributed by atoms with E-state index in [1.165, 1.54) is 5.56 Å². The van der Waals surface area contributed by atoms with E-state index >= 15 is 0 Å². The quantitative estimate of drug-likeness (QED) is 0.894. The number of anilines is 1. The van der Waals surface area contributed by atoms with E-state index in [2.05, 4.69) is 37.2 Å². The van der Waals surface area contributed by atoms with E-state index in [4.69, 9.17) is 5.11 Å². The van der Waals surface area contributed by atoms with Crippen molar-refractivity contribution >= 4 is 37.5 Å². The third-order valence-corrected chi connectivity index (χ3v) is 3.01. The molecule has 1 rings (SSSR count). The van der Waals surface area contributed by atoms with Gasteiger partial charge in [-0.1, -0.05) is 0 Å². The first-order chi connectivity index (χ1) is 6.50. The van der Waals surface area contributed by atoms with Crippen LogP contribution in [0.15, 0.2) is 21.1 Å². The maximum absolute atomic E-state index is 9.16. The zero-order valence-corrected chi connectivity index (χ0v) is 11.3. The highest BCUT2D eigenvalue weighted by Crippen LogP contribution is 2.32. The highest BCUT2D eigenvalue weighted by Gasteiger charge is 2.06. The Balaban J connectivity index is 2.86. The molecule has 14 heavy (non-hydrogen) atoms. The molecule has 0 saturated heterocycles. The Bertz CT molecular complexity index is 303. The molecular weight excluding hydrogens is 310 g/mol. The van der Waals surface area contributed by atoms with Crippen molar-refractivity contribution in [3.05, 3.63) is 26.6 Å². The SMILES string of the molecule is Cc1cc(Br)c(NCC(C)O)c(Br)c1. The second-order valence-electron chi connectivity index (χ2n) is 3.33. The first kappa shape index (κ1) is 12.0. The summed E-state index contributed by atoms with van der Waals surface area (Å²) in [5, 5.41) is 12.3. The van der Waals surface area contributed by atoms with Crippen molar-refractivity contribution in [1.29, 1.82) is 0 Å². The topological polar surface area (TPSA) is 32.3 Å². The number of aliphatic hydroxyl groups is 1. The van der Waals surface area contributed by atoms with Gasteiger partial charge in [0.25, 0.3) is 0 Å². The summed E-state index contributed by atoms with van der Waals surface area (Å²) in [6.07, 6.45) is -0.352. The molecule has 78 valence electrons. The Kier molecular flexibility index (Phi) is 4.41. The van der Waals surface area contributed by atoms with Gasteiger partial charge in [0, 0.05) is 15.5 Å². The van der Waals surface area contributed by atoms with Gasteiger partial charge in [-0.25, -0.2) is 0 Å². The van der Waals surface area contributed by atoms with Crippen molar-refractivity contribution < 1.29 is 5.11 Å². The summed E-state index contributed by atoms with van der Waals surface area (Å²) >= 11 is 6.95. The summed E-state index contributed by atoms with van der Waals surface area (Å²) < 4.78 is 2.01. The number of hydrogen-bond acceptors (Lipinski definition) is 2. The fourth-order valence-corrected chi connectivity index (χ4v) is 2.81. The van der Waals surface area contributed by atoms with Crippen LogP contribution in [0.3, 0.4) is 0 Å². The van der Waals surface area contributed by atoms with Gasteiger partial charge in [-0.2, -0.15) is 0 Å². The molecule has 1 unspecified atom stereocenters. The summed E-state index contributed by atoms with van der Waals surface area (Å²) in [7, 11) is 0. The molecule has 0 saturated carbocycles. The molecule has 1 aromatic rings. The first-order valence-corrected chi connectivity index (χ1v) is 5.97. The van der Waals surface area contributed by atoms with Crippen LogP contribution < -0.4 is 5.32 Å². The molecule has 0 aliphatic carbocycles. The molecular formula is C10H13Br2NO. The van der Waals surface area contributed by atoms with Crippen LogP contribution in [0.25, 0.3) is 0 Å². The molecule has 0 aliphatic rings. The minimum atomic E-state index is -0.352. The second-order valence-corrected chi connectivity index (χ2v) is 5.04. The average Bonchev–Trinajstić information content (AvgIpc) is 2.01. The summed E-state index contributed by atoms with van der Waals surface area (Å²) in [6.45, 7) is 4.33. The smallest absolute Gasteiger partial charge is 0.0684 e. The Labute approximate surface area is 101 Å². The maximum Gasteiger partial charge on any atom is 0.0684 e. The van der Waals surface area contributed by atoms with Crippen molar-refractivity contribution in [2.75, 3.05) is 11.9 Å². The van der Waals surface area contributed by atoms with E-state index < -0.39 is 0 Å². The molecule has 0 fully saturated rings.